The van der Waals surface area contributed by atoms with E-state index in [1.165, 1.54) is 29.0 Å². The van der Waals surface area contributed by atoms with E-state index in [1.807, 2.05) is 14.1 Å². The van der Waals surface area contributed by atoms with Gasteiger partial charge in [-0.05, 0) is 70.4 Å². The van der Waals surface area contributed by atoms with Crippen molar-refractivity contribution in [3.05, 3.63) is 51.0 Å². The van der Waals surface area contributed by atoms with Gasteiger partial charge in [0.05, 0.1) is 13.2 Å². The predicted octanol–water partition coefficient (Wildman–Crippen LogP) is 4.20. The van der Waals surface area contributed by atoms with Gasteiger partial charge in [0.1, 0.15) is 16.4 Å². The normalized spacial score (nSPS) is 14.7. The van der Waals surface area contributed by atoms with Crippen molar-refractivity contribution in [1.82, 2.24) is 10.2 Å². The molecular weight excluding hydrogens is 363 g/mol. The Balaban J connectivity index is 1.83. The monoisotopic (exact) mass is 390 g/mol. The number of nitrogens with one attached hydrogen (secondary N) is 1. The van der Waals surface area contributed by atoms with Crippen molar-refractivity contribution in [3.8, 4) is 5.75 Å². The lowest BCUT2D eigenvalue weighted by atomic mass is 9.98. The molecule has 1 atom stereocenters. The number of nitrogens with zero attached hydrogens (tertiary/aromatic N) is 1. The van der Waals surface area contributed by atoms with Crippen LogP contribution in [0.5, 0.6) is 5.75 Å². The van der Waals surface area contributed by atoms with Crippen molar-refractivity contribution in [3.63, 3.8) is 0 Å². The summed E-state index contributed by atoms with van der Waals surface area (Å²) in [6.07, 6.45) is 5.05. The van der Waals surface area contributed by atoms with E-state index in [4.69, 9.17) is 4.74 Å². The predicted molar refractivity (Wildman–Crippen MR) is 107 cm³/mol. The molecule has 1 aliphatic rings. The number of ether oxygens (including phenoxy) is 1. The van der Waals surface area contributed by atoms with Crippen LogP contribution in [0.1, 0.15) is 51.0 Å². The molecule has 0 saturated heterocycles. The minimum atomic E-state index is -0.274. The van der Waals surface area contributed by atoms with E-state index in [0.29, 0.717) is 4.88 Å². The van der Waals surface area contributed by atoms with Crippen molar-refractivity contribution < 1.29 is 13.9 Å². The molecule has 1 heterocycles. The number of rotatable bonds is 7. The highest BCUT2D eigenvalue weighted by molar-refractivity contribution is 7.14. The lowest BCUT2D eigenvalue weighted by molar-refractivity contribution is 0.0934. The number of carbonyl (C=O) groups is 1. The van der Waals surface area contributed by atoms with E-state index in [9.17, 15) is 9.18 Å². The molecule has 0 fully saturated rings. The first-order valence-electron chi connectivity index (χ1n) is 9.39. The van der Waals surface area contributed by atoms with Gasteiger partial charge in [-0.3, -0.25) is 4.79 Å². The Morgan fingerprint density at radius 1 is 1.26 bits per heavy atom. The molecule has 1 unspecified atom stereocenters. The Labute approximate surface area is 164 Å². The van der Waals surface area contributed by atoms with Crippen LogP contribution in [-0.4, -0.2) is 38.6 Å². The first-order valence-corrected chi connectivity index (χ1v) is 10.2. The first kappa shape index (κ1) is 19.8. The highest BCUT2D eigenvalue weighted by atomic mass is 32.1. The second kappa shape index (κ2) is 8.85. The second-order valence-corrected chi connectivity index (χ2v) is 8.35. The molecule has 0 saturated carbocycles. The molecule has 1 aromatic carbocycles. The molecule has 146 valence electrons. The van der Waals surface area contributed by atoms with Crippen LogP contribution in [0.2, 0.25) is 0 Å². The van der Waals surface area contributed by atoms with E-state index in [0.717, 1.165) is 43.5 Å². The second-order valence-electron chi connectivity index (χ2n) is 7.24. The van der Waals surface area contributed by atoms with Crippen molar-refractivity contribution in [2.45, 2.75) is 38.1 Å². The number of hydrogen-bond acceptors (Lipinski definition) is 4. The molecule has 3 rings (SSSR count). The Hall–Kier alpha value is -1.92. The Morgan fingerprint density at radius 2 is 1.96 bits per heavy atom. The molecule has 1 N–H and O–H groups in total. The molecule has 27 heavy (non-hydrogen) atoms. The quantitative estimate of drug-likeness (QED) is 0.770. The molecule has 0 radical (unpaired) electrons. The third kappa shape index (κ3) is 4.68. The summed E-state index contributed by atoms with van der Waals surface area (Å²) in [7, 11) is 5.64. The number of fused-ring (bicyclic) bond motifs is 1. The van der Waals surface area contributed by atoms with Crippen LogP contribution in [0.4, 0.5) is 4.39 Å². The number of carbonyl (C=O) groups excluding carboxylic acids is 1. The van der Waals surface area contributed by atoms with Crippen LogP contribution in [-0.2, 0) is 12.8 Å². The maximum absolute atomic E-state index is 13.3. The number of benzene rings is 1. The number of amides is 1. The maximum Gasteiger partial charge on any atom is 0.265 e. The molecule has 1 aliphatic carbocycles. The van der Waals surface area contributed by atoms with E-state index in [-0.39, 0.29) is 17.8 Å². The molecule has 2 aromatic rings. The van der Waals surface area contributed by atoms with Crippen molar-refractivity contribution in [1.29, 1.82) is 0 Å². The molecule has 0 aliphatic heterocycles. The summed E-state index contributed by atoms with van der Waals surface area (Å²) in [4.78, 5) is 17.1. The van der Waals surface area contributed by atoms with Crippen LogP contribution >= 0.6 is 11.3 Å². The molecular formula is C21H27FN2O2S. The first-order chi connectivity index (χ1) is 13.0. The maximum atomic E-state index is 13.3. The van der Waals surface area contributed by atoms with Gasteiger partial charge in [-0.1, -0.05) is 12.1 Å². The van der Waals surface area contributed by atoms with E-state index in [1.54, 1.807) is 30.6 Å². The minimum Gasteiger partial charge on any atom is -0.495 e. The van der Waals surface area contributed by atoms with Crippen LogP contribution in [0.3, 0.4) is 0 Å². The number of aryl methyl sites for hydroxylation is 1. The van der Waals surface area contributed by atoms with E-state index >= 15 is 0 Å². The summed E-state index contributed by atoms with van der Waals surface area (Å²) in [5, 5.41) is 3.15. The van der Waals surface area contributed by atoms with E-state index in [2.05, 4.69) is 10.2 Å². The summed E-state index contributed by atoms with van der Waals surface area (Å²) >= 11 is 1.55. The van der Waals surface area contributed by atoms with Gasteiger partial charge >= 0.3 is 0 Å². The zero-order valence-electron chi connectivity index (χ0n) is 16.2. The summed E-state index contributed by atoms with van der Waals surface area (Å²) in [5.74, 6) is 0.348. The summed E-state index contributed by atoms with van der Waals surface area (Å²) in [6, 6.07) is 6.19. The zero-order chi connectivity index (χ0) is 19.4. The third-order valence-corrected chi connectivity index (χ3v) is 6.25. The average Bonchev–Trinajstić information content (AvgIpc) is 3.04. The fraction of sp³-hybridized carbons (Fsp3) is 0.476. The number of halogens is 1. The van der Waals surface area contributed by atoms with Gasteiger partial charge in [-0.15, -0.1) is 11.3 Å². The lowest BCUT2D eigenvalue weighted by Crippen LogP contribution is -2.30. The van der Waals surface area contributed by atoms with Crippen LogP contribution in [0.15, 0.2) is 24.3 Å². The average molecular weight is 391 g/mol. The van der Waals surface area contributed by atoms with Crippen LogP contribution in [0, 0.1) is 5.82 Å². The summed E-state index contributed by atoms with van der Waals surface area (Å²) in [5.41, 5.74) is 2.11. The number of hydrogen-bond donors (Lipinski definition) is 1. The minimum absolute atomic E-state index is 0.112. The van der Waals surface area contributed by atoms with Gasteiger partial charge in [0.25, 0.3) is 5.91 Å². The van der Waals surface area contributed by atoms with Crippen molar-refractivity contribution in [2.75, 3.05) is 27.7 Å². The van der Waals surface area contributed by atoms with Gasteiger partial charge in [0, 0.05) is 10.4 Å². The number of thiophene rings is 1. The van der Waals surface area contributed by atoms with Gasteiger partial charge in [0.15, 0.2) is 0 Å². The molecule has 4 nitrogen and oxygen atoms in total. The highest BCUT2D eigenvalue weighted by Gasteiger charge is 2.27. The highest BCUT2D eigenvalue weighted by Crippen LogP contribution is 2.40. The molecule has 0 spiro atoms. The van der Waals surface area contributed by atoms with Gasteiger partial charge < -0.3 is 15.0 Å². The van der Waals surface area contributed by atoms with Crippen LogP contribution < -0.4 is 10.1 Å². The fourth-order valence-electron chi connectivity index (χ4n) is 3.53. The third-order valence-electron chi connectivity index (χ3n) is 4.98. The zero-order valence-corrected chi connectivity index (χ0v) is 17.0. The SMILES string of the molecule is COc1c(C(=O)NC(CCN(C)C)c2ccc(F)cc2)sc2c1CCCC2. The summed E-state index contributed by atoms with van der Waals surface area (Å²) < 4.78 is 18.9. The van der Waals surface area contributed by atoms with Gasteiger partial charge in [-0.2, -0.15) is 0 Å². The van der Waals surface area contributed by atoms with E-state index < -0.39 is 0 Å². The molecule has 6 heteroatoms. The molecule has 1 aromatic heterocycles. The topological polar surface area (TPSA) is 41.6 Å². The smallest absolute Gasteiger partial charge is 0.265 e. The number of methoxy groups -OCH3 is 1. The van der Waals surface area contributed by atoms with Gasteiger partial charge in [-0.25, -0.2) is 4.39 Å². The lowest BCUT2D eigenvalue weighted by Gasteiger charge is -2.21. The fourth-order valence-corrected chi connectivity index (χ4v) is 4.79. The molecule has 1 amide bonds. The Kier molecular flexibility index (Phi) is 6.50. The summed E-state index contributed by atoms with van der Waals surface area (Å²) in [6.45, 7) is 0.820. The Bertz CT molecular complexity index is 786. The van der Waals surface area contributed by atoms with Crippen molar-refractivity contribution >= 4 is 17.2 Å². The largest absolute Gasteiger partial charge is 0.495 e. The van der Waals surface area contributed by atoms with Crippen molar-refractivity contribution in [2.24, 2.45) is 0 Å². The van der Waals surface area contributed by atoms with Crippen LogP contribution in [0.25, 0.3) is 0 Å². The van der Waals surface area contributed by atoms with Gasteiger partial charge in [0.2, 0.25) is 0 Å². The standard InChI is InChI=1S/C21H27FN2O2S/c1-24(2)13-12-17(14-8-10-15(22)11-9-14)23-21(25)20-19(26-3)16-6-4-5-7-18(16)27-20/h8-11,17H,4-7,12-13H2,1-3H3,(H,23,25). The Morgan fingerprint density at radius 3 is 2.63 bits per heavy atom. The molecule has 0 bridgehead atoms.